The SMILES string of the molecule is CC[C@@H](C)NC(=O)[C@H](NC(=O)c1ccccc1C)C1CCN(C(=O)c2ccc(Cl)cc2)CC1. The summed E-state index contributed by atoms with van der Waals surface area (Å²) in [5.74, 6) is -0.531. The van der Waals surface area contributed by atoms with Crippen LogP contribution in [0.25, 0.3) is 0 Å². The van der Waals surface area contributed by atoms with Gasteiger partial charge in [0.25, 0.3) is 11.8 Å². The fraction of sp³-hybridized carbons (Fsp3) is 0.423. The van der Waals surface area contributed by atoms with Crippen molar-refractivity contribution in [2.24, 2.45) is 5.92 Å². The number of hydrogen-bond donors (Lipinski definition) is 2. The van der Waals surface area contributed by atoms with Crippen molar-refractivity contribution < 1.29 is 14.4 Å². The predicted octanol–water partition coefficient (Wildman–Crippen LogP) is 4.21. The molecule has 1 saturated heterocycles. The lowest BCUT2D eigenvalue weighted by molar-refractivity contribution is -0.125. The van der Waals surface area contributed by atoms with E-state index in [9.17, 15) is 14.4 Å². The number of hydrogen-bond acceptors (Lipinski definition) is 3. The number of aryl methyl sites for hydroxylation is 1. The Kier molecular flexibility index (Phi) is 8.50. The second-order valence-corrected chi connectivity index (χ2v) is 9.16. The molecule has 2 aromatic rings. The zero-order valence-corrected chi connectivity index (χ0v) is 20.2. The molecule has 0 unspecified atom stereocenters. The van der Waals surface area contributed by atoms with E-state index < -0.39 is 6.04 Å². The van der Waals surface area contributed by atoms with Gasteiger partial charge in [0.1, 0.15) is 6.04 Å². The second kappa shape index (κ2) is 11.3. The normalized spacial score (nSPS) is 16.1. The average Bonchev–Trinajstić information content (AvgIpc) is 2.82. The number of halogens is 1. The maximum atomic E-state index is 13.1. The zero-order valence-electron chi connectivity index (χ0n) is 19.4. The number of amides is 3. The molecule has 3 amide bonds. The van der Waals surface area contributed by atoms with Gasteiger partial charge in [-0.1, -0.05) is 36.7 Å². The first-order valence-corrected chi connectivity index (χ1v) is 11.9. The van der Waals surface area contributed by atoms with Gasteiger partial charge in [-0.15, -0.1) is 0 Å². The van der Waals surface area contributed by atoms with Gasteiger partial charge in [-0.2, -0.15) is 0 Å². The van der Waals surface area contributed by atoms with Crippen LogP contribution in [-0.4, -0.2) is 47.8 Å². The number of likely N-dealkylation sites (tertiary alicyclic amines) is 1. The highest BCUT2D eigenvalue weighted by Crippen LogP contribution is 2.24. The Morgan fingerprint density at radius 3 is 2.27 bits per heavy atom. The molecule has 2 N–H and O–H groups in total. The smallest absolute Gasteiger partial charge is 0.253 e. The molecule has 0 aliphatic carbocycles. The largest absolute Gasteiger partial charge is 0.352 e. The highest BCUT2D eigenvalue weighted by Gasteiger charge is 2.34. The number of rotatable bonds is 7. The molecule has 176 valence electrons. The lowest BCUT2D eigenvalue weighted by atomic mass is 9.88. The Morgan fingerprint density at radius 2 is 1.67 bits per heavy atom. The lowest BCUT2D eigenvalue weighted by Gasteiger charge is -2.36. The Hall–Kier alpha value is -2.86. The number of carbonyl (C=O) groups excluding carboxylic acids is 3. The van der Waals surface area contributed by atoms with Gasteiger partial charge < -0.3 is 15.5 Å². The molecule has 0 aromatic heterocycles. The second-order valence-electron chi connectivity index (χ2n) is 8.72. The fourth-order valence-corrected chi connectivity index (χ4v) is 4.22. The summed E-state index contributed by atoms with van der Waals surface area (Å²) >= 11 is 5.93. The van der Waals surface area contributed by atoms with Gasteiger partial charge in [0.15, 0.2) is 0 Å². The van der Waals surface area contributed by atoms with Gasteiger partial charge in [-0.05, 0) is 74.9 Å². The van der Waals surface area contributed by atoms with Crippen molar-refractivity contribution in [2.45, 2.75) is 52.1 Å². The summed E-state index contributed by atoms with van der Waals surface area (Å²) in [5.41, 5.74) is 2.02. The van der Waals surface area contributed by atoms with Crippen LogP contribution in [0.15, 0.2) is 48.5 Å². The summed E-state index contributed by atoms with van der Waals surface area (Å²) in [6.07, 6.45) is 2.07. The maximum absolute atomic E-state index is 13.1. The van der Waals surface area contributed by atoms with Crippen LogP contribution in [0.4, 0.5) is 0 Å². The Balaban J connectivity index is 1.71. The molecule has 2 aromatic carbocycles. The molecule has 6 nitrogen and oxygen atoms in total. The average molecular weight is 470 g/mol. The van der Waals surface area contributed by atoms with E-state index in [1.165, 1.54) is 0 Å². The van der Waals surface area contributed by atoms with Crippen molar-refractivity contribution in [3.05, 3.63) is 70.2 Å². The molecular formula is C26H32ClN3O3. The van der Waals surface area contributed by atoms with Gasteiger partial charge >= 0.3 is 0 Å². The van der Waals surface area contributed by atoms with Crippen molar-refractivity contribution in [1.82, 2.24) is 15.5 Å². The van der Waals surface area contributed by atoms with Crippen molar-refractivity contribution in [3.8, 4) is 0 Å². The van der Waals surface area contributed by atoms with Crippen LogP contribution in [0, 0.1) is 12.8 Å². The monoisotopic (exact) mass is 469 g/mol. The first kappa shape index (κ1) is 24.8. The molecule has 0 saturated carbocycles. The van der Waals surface area contributed by atoms with Gasteiger partial charge in [0.05, 0.1) is 0 Å². The van der Waals surface area contributed by atoms with Crippen molar-refractivity contribution in [2.75, 3.05) is 13.1 Å². The van der Waals surface area contributed by atoms with Crippen LogP contribution in [-0.2, 0) is 4.79 Å². The van der Waals surface area contributed by atoms with Crippen molar-refractivity contribution in [3.63, 3.8) is 0 Å². The number of nitrogens with one attached hydrogen (secondary N) is 2. The molecule has 2 atom stereocenters. The van der Waals surface area contributed by atoms with Gasteiger partial charge in [-0.3, -0.25) is 14.4 Å². The van der Waals surface area contributed by atoms with E-state index in [1.54, 1.807) is 35.2 Å². The van der Waals surface area contributed by atoms with Gasteiger partial charge in [0.2, 0.25) is 5.91 Å². The highest BCUT2D eigenvalue weighted by atomic mass is 35.5. The molecule has 1 heterocycles. The van der Waals surface area contributed by atoms with Crippen molar-refractivity contribution >= 4 is 29.3 Å². The molecule has 0 spiro atoms. The molecule has 1 aliphatic rings. The first-order chi connectivity index (χ1) is 15.8. The maximum Gasteiger partial charge on any atom is 0.253 e. The Morgan fingerprint density at radius 1 is 1.03 bits per heavy atom. The van der Waals surface area contributed by atoms with Crippen LogP contribution < -0.4 is 10.6 Å². The third kappa shape index (κ3) is 6.35. The van der Waals surface area contributed by atoms with Crippen LogP contribution in [0.3, 0.4) is 0 Å². The standard InChI is InChI=1S/C26H32ClN3O3/c1-4-18(3)28-25(32)23(29-24(31)22-8-6-5-7-17(22)2)19-13-15-30(16-14-19)26(33)20-9-11-21(27)12-10-20/h5-12,18-19,23H,4,13-16H2,1-3H3,(H,28,32)(H,29,31)/t18-,23-/m1/s1. The van der Waals surface area contributed by atoms with Crippen LogP contribution in [0.1, 0.15) is 59.4 Å². The molecule has 7 heteroatoms. The molecule has 33 heavy (non-hydrogen) atoms. The molecule has 1 aliphatic heterocycles. The van der Waals surface area contributed by atoms with Gasteiger partial charge in [0, 0.05) is 35.3 Å². The molecule has 0 radical (unpaired) electrons. The minimum Gasteiger partial charge on any atom is -0.352 e. The quantitative estimate of drug-likeness (QED) is 0.637. The summed E-state index contributed by atoms with van der Waals surface area (Å²) in [6, 6.07) is 13.6. The third-order valence-corrected chi connectivity index (χ3v) is 6.60. The van der Waals surface area contributed by atoms with E-state index in [4.69, 9.17) is 11.6 Å². The molecular weight excluding hydrogens is 438 g/mol. The van der Waals surface area contributed by atoms with Crippen LogP contribution >= 0.6 is 11.6 Å². The summed E-state index contributed by atoms with van der Waals surface area (Å²) in [4.78, 5) is 40.7. The fourth-order valence-electron chi connectivity index (χ4n) is 4.09. The van der Waals surface area contributed by atoms with E-state index in [1.807, 2.05) is 39.0 Å². The zero-order chi connectivity index (χ0) is 24.0. The summed E-state index contributed by atoms with van der Waals surface area (Å²) < 4.78 is 0. The van der Waals surface area contributed by atoms with E-state index in [2.05, 4.69) is 10.6 Å². The molecule has 3 rings (SSSR count). The summed E-state index contributed by atoms with van der Waals surface area (Å²) in [5, 5.41) is 6.59. The van der Waals surface area contributed by atoms with E-state index in [0.717, 1.165) is 12.0 Å². The topological polar surface area (TPSA) is 78.5 Å². The Bertz CT molecular complexity index is 985. The number of benzene rings is 2. The first-order valence-electron chi connectivity index (χ1n) is 11.5. The van der Waals surface area contributed by atoms with E-state index >= 15 is 0 Å². The van der Waals surface area contributed by atoms with E-state index in [-0.39, 0.29) is 29.7 Å². The summed E-state index contributed by atoms with van der Waals surface area (Å²) in [6.45, 7) is 6.89. The lowest BCUT2D eigenvalue weighted by Crippen LogP contribution is -2.55. The summed E-state index contributed by atoms with van der Waals surface area (Å²) in [7, 11) is 0. The van der Waals surface area contributed by atoms with Crippen LogP contribution in [0.2, 0.25) is 5.02 Å². The van der Waals surface area contributed by atoms with Crippen molar-refractivity contribution in [1.29, 1.82) is 0 Å². The molecule has 0 bridgehead atoms. The number of piperidine rings is 1. The predicted molar refractivity (Wildman–Crippen MR) is 130 cm³/mol. The Labute approximate surface area is 200 Å². The molecule has 1 fully saturated rings. The highest BCUT2D eigenvalue weighted by molar-refractivity contribution is 6.30. The third-order valence-electron chi connectivity index (χ3n) is 6.35. The van der Waals surface area contributed by atoms with E-state index in [0.29, 0.717) is 42.1 Å². The minimum atomic E-state index is -0.654. The number of carbonyl (C=O) groups is 3. The minimum absolute atomic E-state index is 0.0157. The number of nitrogens with zero attached hydrogens (tertiary/aromatic N) is 1. The van der Waals surface area contributed by atoms with Crippen LogP contribution in [0.5, 0.6) is 0 Å². The van der Waals surface area contributed by atoms with Gasteiger partial charge in [-0.25, -0.2) is 0 Å².